The molecule has 1 aliphatic rings. The van der Waals surface area contributed by atoms with Crippen LogP contribution < -0.4 is 15.8 Å². The van der Waals surface area contributed by atoms with E-state index in [9.17, 15) is 19.1 Å². The van der Waals surface area contributed by atoms with Crippen LogP contribution in [0.3, 0.4) is 0 Å². The molecule has 30 heavy (non-hydrogen) atoms. The molecule has 1 fully saturated rings. The molecular weight excluding hydrogens is 415 g/mol. The molecule has 3 aromatic heterocycles. The lowest BCUT2D eigenvalue weighted by molar-refractivity contribution is 0.0927. The first-order valence-electron chi connectivity index (χ1n) is 9.49. The lowest BCUT2D eigenvalue weighted by Gasteiger charge is -2.25. The molecule has 0 aromatic carbocycles. The Hall–Kier alpha value is -2.98. The number of carbonyl (C=O) groups is 1. The summed E-state index contributed by atoms with van der Waals surface area (Å²) >= 11 is 5.55. The molecule has 3 N–H and O–H groups in total. The summed E-state index contributed by atoms with van der Waals surface area (Å²) in [6.45, 7) is 0.650. The van der Waals surface area contributed by atoms with Crippen LogP contribution in [0.2, 0.25) is 0 Å². The second kappa shape index (κ2) is 8.41. The van der Waals surface area contributed by atoms with E-state index in [1.807, 2.05) is 4.90 Å². The predicted octanol–water partition coefficient (Wildman–Crippen LogP) is 1.23. The van der Waals surface area contributed by atoms with E-state index in [0.717, 1.165) is 12.6 Å². The minimum Gasteiger partial charge on any atom is -0.390 e. The maximum absolute atomic E-state index is 13.7. The molecule has 158 valence electrons. The van der Waals surface area contributed by atoms with Gasteiger partial charge in [0, 0.05) is 31.0 Å². The van der Waals surface area contributed by atoms with Crippen molar-refractivity contribution < 1.29 is 14.3 Å². The molecule has 0 spiro atoms. The van der Waals surface area contributed by atoms with Crippen molar-refractivity contribution in [1.82, 2.24) is 24.9 Å². The third-order valence-corrected chi connectivity index (χ3v) is 5.43. The van der Waals surface area contributed by atoms with Gasteiger partial charge >= 0.3 is 0 Å². The number of hydrogen-bond donors (Lipinski definition) is 3. The van der Waals surface area contributed by atoms with Crippen LogP contribution in [-0.2, 0) is 0 Å². The summed E-state index contributed by atoms with van der Waals surface area (Å²) in [6, 6.07) is 2.67. The standard InChI is InChI=1S/C19H20ClFN6O3/c20-7-12(28)9-23-19(30)14-10-24-27-5-3-16(25-17(14)27)26-4-1-2-15(26)13-6-11(21)8-22-18(13)29/h3,5-6,8,10,12,15,28H,1-2,4,7,9H2,(H,22,29)(H,23,30). The molecule has 0 aliphatic carbocycles. The minimum absolute atomic E-state index is 0.00694. The van der Waals surface area contributed by atoms with Crippen LogP contribution in [0.4, 0.5) is 10.2 Å². The number of nitrogens with one attached hydrogen (secondary N) is 2. The average Bonchev–Trinajstić information content (AvgIpc) is 3.40. The summed E-state index contributed by atoms with van der Waals surface area (Å²) in [5, 5.41) is 16.3. The van der Waals surface area contributed by atoms with Gasteiger partial charge in [0.15, 0.2) is 5.65 Å². The summed E-state index contributed by atoms with van der Waals surface area (Å²) in [5.41, 5.74) is 0.592. The van der Waals surface area contributed by atoms with Crippen molar-refractivity contribution in [3.05, 3.63) is 58.0 Å². The van der Waals surface area contributed by atoms with E-state index in [-0.39, 0.29) is 29.6 Å². The smallest absolute Gasteiger partial charge is 0.256 e. The quantitative estimate of drug-likeness (QED) is 0.502. The number of pyridine rings is 1. The lowest BCUT2D eigenvalue weighted by Crippen LogP contribution is -2.33. The first kappa shape index (κ1) is 20.3. The number of alkyl halides is 1. The summed E-state index contributed by atoms with van der Waals surface area (Å²) in [6.07, 6.45) is 4.75. The van der Waals surface area contributed by atoms with Crippen LogP contribution >= 0.6 is 11.6 Å². The van der Waals surface area contributed by atoms with Crippen molar-refractivity contribution >= 4 is 29.0 Å². The summed E-state index contributed by atoms with van der Waals surface area (Å²) < 4.78 is 15.2. The Labute approximate surface area is 175 Å². The average molecular weight is 435 g/mol. The van der Waals surface area contributed by atoms with E-state index in [0.29, 0.717) is 30.0 Å². The molecule has 0 bridgehead atoms. The fourth-order valence-electron chi connectivity index (χ4n) is 3.63. The Bertz CT molecular complexity index is 1130. The molecule has 2 atom stereocenters. The number of aliphatic hydroxyl groups excluding tert-OH is 1. The maximum atomic E-state index is 13.7. The number of H-pyrrole nitrogens is 1. The van der Waals surface area contributed by atoms with Crippen molar-refractivity contribution in [3.8, 4) is 0 Å². The zero-order valence-corrected chi connectivity index (χ0v) is 16.6. The topological polar surface area (TPSA) is 116 Å². The molecular formula is C19H20ClFN6O3. The largest absolute Gasteiger partial charge is 0.390 e. The van der Waals surface area contributed by atoms with E-state index in [4.69, 9.17) is 11.6 Å². The Morgan fingerprint density at radius 2 is 2.33 bits per heavy atom. The Kier molecular flexibility index (Phi) is 5.69. The molecule has 1 aliphatic heterocycles. The van der Waals surface area contributed by atoms with Crippen LogP contribution in [0.25, 0.3) is 5.65 Å². The molecule has 0 radical (unpaired) electrons. The predicted molar refractivity (Wildman–Crippen MR) is 108 cm³/mol. The van der Waals surface area contributed by atoms with E-state index in [1.54, 1.807) is 12.3 Å². The highest BCUT2D eigenvalue weighted by Gasteiger charge is 2.30. The van der Waals surface area contributed by atoms with Gasteiger partial charge in [-0.1, -0.05) is 0 Å². The third kappa shape index (κ3) is 3.88. The van der Waals surface area contributed by atoms with Crippen molar-refractivity contribution in [1.29, 1.82) is 0 Å². The number of carbonyl (C=O) groups excluding carboxylic acids is 1. The zero-order chi connectivity index (χ0) is 21.3. The number of hydrogen-bond acceptors (Lipinski definition) is 6. The molecule has 9 nitrogen and oxygen atoms in total. The van der Waals surface area contributed by atoms with Gasteiger partial charge in [0.25, 0.3) is 11.5 Å². The third-order valence-electron chi connectivity index (χ3n) is 5.08. The summed E-state index contributed by atoms with van der Waals surface area (Å²) in [4.78, 5) is 33.6. The van der Waals surface area contributed by atoms with Crippen LogP contribution in [-0.4, -0.2) is 55.7 Å². The normalized spacial score (nSPS) is 17.4. The molecule has 1 saturated heterocycles. The van der Waals surface area contributed by atoms with Gasteiger partial charge in [0.2, 0.25) is 0 Å². The number of aliphatic hydroxyl groups is 1. The molecule has 1 amide bonds. The number of nitrogens with zero attached hydrogens (tertiary/aromatic N) is 4. The maximum Gasteiger partial charge on any atom is 0.256 e. The number of aromatic nitrogens is 4. The van der Waals surface area contributed by atoms with Gasteiger partial charge in [0.1, 0.15) is 17.2 Å². The molecule has 0 saturated carbocycles. The summed E-state index contributed by atoms with van der Waals surface area (Å²) in [5.74, 6) is -0.372. The zero-order valence-electron chi connectivity index (χ0n) is 15.9. The molecule has 4 rings (SSSR count). The second-order valence-corrected chi connectivity index (χ2v) is 7.39. The SMILES string of the molecule is O=C(NCC(O)CCl)c1cnn2ccc(N3CCCC3c3cc(F)c[nH]c3=O)nc12. The van der Waals surface area contributed by atoms with Crippen molar-refractivity contribution in [2.45, 2.75) is 25.0 Å². The number of aromatic amines is 1. The highest BCUT2D eigenvalue weighted by Crippen LogP contribution is 2.34. The van der Waals surface area contributed by atoms with Crippen molar-refractivity contribution in [2.75, 3.05) is 23.9 Å². The highest BCUT2D eigenvalue weighted by atomic mass is 35.5. The first-order chi connectivity index (χ1) is 14.5. The van der Waals surface area contributed by atoms with Gasteiger partial charge in [0.05, 0.1) is 24.2 Å². The number of fused-ring (bicyclic) bond motifs is 1. The van der Waals surface area contributed by atoms with Crippen LogP contribution in [0.1, 0.15) is 34.8 Å². The minimum atomic E-state index is -0.851. The molecule has 11 heteroatoms. The van der Waals surface area contributed by atoms with Crippen molar-refractivity contribution in [3.63, 3.8) is 0 Å². The number of halogens is 2. The fourth-order valence-corrected chi connectivity index (χ4v) is 3.73. The van der Waals surface area contributed by atoms with Crippen LogP contribution in [0.15, 0.2) is 35.5 Å². The van der Waals surface area contributed by atoms with Gasteiger partial charge in [-0.15, -0.1) is 11.6 Å². The van der Waals surface area contributed by atoms with E-state index in [2.05, 4.69) is 20.4 Å². The van der Waals surface area contributed by atoms with Crippen LogP contribution in [0.5, 0.6) is 0 Å². The highest BCUT2D eigenvalue weighted by molar-refractivity contribution is 6.18. The second-order valence-electron chi connectivity index (χ2n) is 7.08. The number of anilines is 1. The molecule has 3 aromatic rings. The molecule has 4 heterocycles. The van der Waals surface area contributed by atoms with E-state index >= 15 is 0 Å². The monoisotopic (exact) mass is 434 g/mol. The summed E-state index contributed by atoms with van der Waals surface area (Å²) in [7, 11) is 0. The van der Waals surface area contributed by atoms with Crippen molar-refractivity contribution in [2.24, 2.45) is 0 Å². The molecule has 2 unspecified atom stereocenters. The van der Waals surface area contributed by atoms with Gasteiger partial charge in [-0.3, -0.25) is 9.59 Å². The van der Waals surface area contributed by atoms with Gasteiger partial charge in [-0.2, -0.15) is 5.10 Å². The Morgan fingerprint density at radius 3 is 3.13 bits per heavy atom. The number of rotatable bonds is 6. The lowest BCUT2D eigenvalue weighted by atomic mass is 10.1. The first-order valence-corrected chi connectivity index (χ1v) is 10.0. The van der Waals surface area contributed by atoms with Crippen LogP contribution in [0, 0.1) is 5.82 Å². The Balaban J connectivity index is 1.65. The van der Waals surface area contributed by atoms with Gasteiger partial charge < -0.3 is 20.3 Å². The fraction of sp³-hybridized carbons (Fsp3) is 0.368. The number of amides is 1. The Morgan fingerprint density at radius 1 is 1.50 bits per heavy atom. The van der Waals surface area contributed by atoms with Gasteiger partial charge in [-0.05, 0) is 25.0 Å². The van der Waals surface area contributed by atoms with E-state index in [1.165, 1.54) is 16.8 Å². The van der Waals surface area contributed by atoms with E-state index < -0.39 is 17.8 Å². The van der Waals surface area contributed by atoms with Gasteiger partial charge in [-0.25, -0.2) is 13.9 Å².